The highest BCUT2D eigenvalue weighted by Crippen LogP contribution is 2.35. The van der Waals surface area contributed by atoms with Crippen LogP contribution in [0.25, 0.3) is 5.69 Å². The molecule has 0 spiro atoms. The first-order valence-electron chi connectivity index (χ1n) is 11.4. The number of rotatable bonds is 6. The Morgan fingerprint density at radius 3 is 2.29 bits per heavy atom. The number of anilines is 2. The van der Waals surface area contributed by atoms with Crippen LogP contribution < -0.4 is 15.2 Å². The van der Waals surface area contributed by atoms with Gasteiger partial charge >= 0.3 is 0 Å². The number of para-hydroxylation sites is 1. The average Bonchev–Trinajstić information content (AvgIpc) is 3.01. The molecule has 3 aromatic rings. The molecular weight excluding hydrogens is 470 g/mol. The predicted molar refractivity (Wildman–Crippen MR) is 135 cm³/mol. The van der Waals surface area contributed by atoms with Gasteiger partial charge in [0.2, 0.25) is 0 Å². The maximum Gasteiger partial charge on any atom is 0.296 e. The summed E-state index contributed by atoms with van der Waals surface area (Å²) in [6.45, 7) is 7.15. The van der Waals surface area contributed by atoms with Gasteiger partial charge in [-0.25, -0.2) is 13.1 Å². The van der Waals surface area contributed by atoms with E-state index in [0.29, 0.717) is 42.0 Å². The lowest BCUT2D eigenvalue weighted by Crippen LogP contribution is -2.39. The van der Waals surface area contributed by atoms with E-state index >= 15 is 0 Å². The van der Waals surface area contributed by atoms with Crippen LogP contribution in [-0.4, -0.2) is 35.8 Å². The summed E-state index contributed by atoms with van der Waals surface area (Å²) < 4.78 is 31.7. The van der Waals surface area contributed by atoms with Crippen molar-refractivity contribution in [2.45, 2.75) is 32.1 Å². The number of nitrogens with one attached hydrogen (secondary N) is 1. The second kappa shape index (κ2) is 9.21. The third-order valence-electron chi connectivity index (χ3n) is 6.45. The molecular formula is C24H29N5O5S. The number of nitrogens with zero attached hydrogens (tertiary/aromatic N) is 4. The van der Waals surface area contributed by atoms with E-state index < -0.39 is 20.5 Å². The van der Waals surface area contributed by atoms with E-state index in [1.54, 1.807) is 42.9 Å². The molecule has 2 aromatic carbocycles. The van der Waals surface area contributed by atoms with Gasteiger partial charge in [-0.2, -0.15) is 0 Å². The molecule has 0 aliphatic carbocycles. The SMILES string of the molecule is Cc1c(NS(=O)(=O)c2ccc(N3C[C@H](C)C[C@@H](C)C3)c([N+](=O)[O-])c2)c(=O)n(-c2ccccc2)n1C. The number of sulfonamides is 1. The molecule has 0 bridgehead atoms. The molecule has 2 heterocycles. The minimum absolute atomic E-state index is 0.109. The zero-order valence-corrected chi connectivity index (χ0v) is 20.9. The standard InChI is InChI=1S/C24H29N5O5S/c1-16-12-17(2)15-27(14-16)21-11-10-20(13-22(21)29(31)32)35(33,34)25-23-18(3)26(4)28(24(23)30)19-8-6-5-7-9-19/h5-11,13,16-17,25H,12,14-15H2,1-4H3/t16-,17-/m1/s1. The van der Waals surface area contributed by atoms with Crippen LogP contribution in [0.15, 0.2) is 58.2 Å². The van der Waals surface area contributed by atoms with Crippen LogP contribution in [0.4, 0.5) is 17.1 Å². The van der Waals surface area contributed by atoms with Crippen LogP contribution in [0.2, 0.25) is 0 Å². The van der Waals surface area contributed by atoms with Crippen molar-refractivity contribution in [3.8, 4) is 5.69 Å². The van der Waals surface area contributed by atoms with Gasteiger partial charge in [0, 0.05) is 26.2 Å². The minimum atomic E-state index is -4.27. The van der Waals surface area contributed by atoms with Gasteiger partial charge in [-0.1, -0.05) is 32.0 Å². The van der Waals surface area contributed by atoms with Crippen LogP contribution in [0, 0.1) is 28.9 Å². The van der Waals surface area contributed by atoms with Gasteiger partial charge < -0.3 is 4.90 Å². The van der Waals surface area contributed by atoms with Crippen molar-refractivity contribution < 1.29 is 13.3 Å². The molecule has 1 aliphatic rings. The Morgan fingerprint density at radius 1 is 1.06 bits per heavy atom. The fourth-order valence-electron chi connectivity index (χ4n) is 4.82. The van der Waals surface area contributed by atoms with Gasteiger partial charge in [0.15, 0.2) is 0 Å². The first-order chi connectivity index (χ1) is 16.5. The molecule has 1 aromatic heterocycles. The smallest absolute Gasteiger partial charge is 0.296 e. The van der Waals surface area contributed by atoms with E-state index in [9.17, 15) is 23.3 Å². The number of nitro groups is 1. The van der Waals surface area contributed by atoms with Crippen molar-refractivity contribution in [3.05, 3.63) is 74.7 Å². The Labute approximate surface area is 204 Å². The van der Waals surface area contributed by atoms with Crippen molar-refractivity contribution in [2.75, 3.05) is 22.7 Å². The predicted octanol–water partition coefficient (Wildman–Crippen LogP) is 3.68. The quantitative estimate of drug-likeness (QED) is 0.408. The Hall–Kier alpha value is -3.60. The summed E-state index contributed by atoms with van der Waals surface area (Å²) in [4.78, 5) is 26.1. The molecule has 0 unspecified atom stereocenters. The maximum atomic E-state index is 13.2. The summed E-state index contributed by atoms with van der Waals surface area (Å²) in [5.41, 5.74) is 0.461. The Morgan fingerprint density at radius 2 is 1.69 bits per heavy atom. The molecule has 11 heteroatoms. The summed E-state index contributed by atoms with van der Waals surface area (Å²) in [6, 6.07) is 12.7. The van der Waals surface area contributed by atoms with E-state index in [4.69, 9.17) is 0 Å². The topological polar surface area (TPSA) is 119 Å². The number of aromatic nitrogens is 2. The molecule has 35 heavy (non-hydrogen) atoms. The molecule has 1 aliphatic heterocycles. The Balaban J connectivity index is 1.72. The molecule has 0 radical (unpaired) electrons. The first-order valence-corrected chi connectivity index (χ1v) is 12.9. The van der Waals surface area contributed by atoms with Crippen LogP contribution in [0.1, 0.15) is 26.0 Å². The number of piperidine rings is 1. The summed E-state index contributed by atoms with van der Waals surface area (Å²) in [6.07, 6.45) is 1.04. The molecule has 4 rings (SSSR count). The zero-order chi connectivity index (χ0) is 25.5. The van der Waals surface area contributed by atoms with Gasteiger partial charge in [-0.05, 0) is 49.4 Å². The largest absolute Gasteiger partial charge is 0.365 e. The second-order valence-electron chi connectivity index (χ2n) is 9.30. The molecule has 1 saturated heterocycles. The lowest BCUT2D eigenvalue weighted by Gasteiger charge is -2.36. The van der Waals surface area contributed by atoms with E-state index in [0.717, 1.165) is 12.5 Å². The maximum absolute atomic E-state index is 13.2. The van der Waals surface area contributed by atoms with Gasteiger partial charge in [-0.15, -0.1) is 0 Å². The Kier molecular flexibility index (Phi) is 6.46. The van der Waals surface area contributed by atoms with Crippen molar-refractivity contribution in [1.82, 2.24) is 9.36 Å². The van der Waals surface area contributed by atoms with Crippen molar-refractivity contribution in [1.29, 1.82) is 0 Å². The third-order valence-corrected chi connectivity index (χ3v) is 7.80. The highest BCUT2D eigenvalue weighted by atomic mass is 32.2. The van der Waals surface area contributed by atoms with Crippen molar-refractivity contribution in [2.24, 2.45) is 18.9 Å². The summed E-state index contributed by atoms with van der Waals surface area (Å²) in [5, 5.41) is 11.9. The first kappa shape index (κ1) is 24.5. The Bertz CT molecular complexity index is 1420. The van der Waals surface area contributed by atoms with Crippen molar-refractivity contribution >= 4 is 27.1 Å². The normalized spacial score (nSPS) is 18.5. The zero-order valence-electron chi connectivity index (χ0n) is 20.1. The fraction of sp³-hybridized carbons (Fsp3) is 0.375. The van der Waals surface area contributed by atoms with E-state index in [1.807, 2.05) is 11.0 Å². The molecule has 10 nitrogen and oxygen atoms in total. The third kappa shape index (κ3) is 4.68. The van der Waals surface area contributed by atoms with Crippen LogP contribution in [0.3, 0.4) is 0 Å². The number of hydrogen-bond donors (Lipinski definition) is 1. The molecule has 1 fully saturated rings. The number of nitro benzene ring substituents is 1. The molecule has 0 saturated carbocycles. The second-order valence-corrected chi connectivity index (χ2v) is 11.0. The monoisotopic (exact) mass is 499 g/mol. The minimum Gasteiger partial charge on any atom is -0.365 e. The molecule has 186 valence electrons. The highest BCUT2D eigenvalue weighted by Gasteiger charge is 2.30. The lowest BCUT2D eigenvalue weighted by atomic mass is 9.91. The average molecular weight is 500 g/mol. The van der Waals surface area contributed by atoms with Gasteiger partial charge in [0.05, 0.1) is 21.2 Å². The summed E-state index contributed by atoms with van der Waals surface area (Å²) >= 11 is 0. The molecule has 1 N–H and O–H groups in total. The molecule has 0 amide bonds. The van der Waals surface area contributed by atoms with Crippen LogP contribution >= 0.6 is 0 Å². The van der Waals surface area contributed by atoms with Gasteiger partial charge in [-0.3, -0.25) is 24.3 Å². The van der Waals surface area contributed by atoms with Crippen LogP contribution in [-0.2, 0) is 17.1 Å². The number of benzene rings is 2. The van der Waals surface area contributed by atoms with E-state index in [2.05, 4.69) is 18.6 Å². The van der Waals surface area contributed by atoms with E-state index in [-0.39, 0.29) is 16.3 Å². The van der Waals surface area contributed by atoms with Crippen molar-refractivity contribution in [3.63, 3.8) is 0 Å². The number of hydrogen-bond acceptors (Lipinski definition) is 6. The highest BCUT2D eigenvalue weighted by molar-refractivity contribution is 7.92. The van der Waals surface area contributed by atoms with E-state index in [1.165, 1.54) is 16.8 Å². The summed E-state index contributed by atoms with van der Waals surface area (Å²) in [7, 11) is -2.61. The van der Waals surface area contributed by atoms with Crippen LogP contribution in [0.5, 0.6) is 0 Å². The van der Waals surface area contributed by atoms with Gasteiger partial charge in [0.25, 0.3) is 21.3 Å². The fourth-order valence-corrected chi connectivity index (χ4v) is 5.96. The summed E-state index contributed by atoms with van der Waals surface area (Å²) in [5.74, 6) is 0.743. The lowest BCUT2D eigenvalue weighted by molar-refractivity contribution is -0.384. The van der Waals surface area contributed by atoms with Gasteiger partial charge in [0.1, 0.15) is 11.4 Å². The molecule has 2 atom stereocenters.